The van der Waals surface area contributed by atoms with Gasteiger partial charge in [0.2, 0.25) is 0 Å². The average molecular weight is 300 g/mol. The molecule has 1 aliphatic rings. The van der Waals surface area contributed by atoms with Gasteiger partial charge in [-0.15, -0.1) is 0 Å². The molecule has 0 saturated heterocycles. The number of rotatable bonds is 1. The number of aliphatic hydroxyl groups excluding tert-OH is 1. The molecule has 4 N–H and O–H groups in total. The van der Waals surface area contributed by atoms with Gasteiger partial charge in [0, 0.05) is 17.7 Å². The Morgan fingerprint density at radius 1 is 0.909 bits per heavy atom. The third kappa shape index (κ3) is 2.20. The molecule has 5 heteroatoms. The normalized spacial score (nSPS) is 16.6. The molecule has 0 bridgehead atoms. The van der Waals surface area contributed by atoms with Gasteiger partial charge in [0.05, 0.1) is 5.56 Å². The van der Waals surface area contributed by atoms with Crippen LogP contribution in [0.5, 0.6) is 23.0 Å². The molecule has 114 valence electrons. The Hall–Kier alpha value is -2.82. The van der Waals surface area contributed by atoms with E-state index in [4.69, 9.17) is 4.74 Å². The molecule has 1 atom stereocenters. The lowest BCUT2D eigenvalue weighted by molar-refractivity contribution is 0.173. The quantitative estimate of drug-likeness (QED) is 0.647. The molecule has 0 radical (unpaired) electrons. The van der Waals surface area contributed by atoms with E-state index in [1.165, 1.54) is 18.2 Å². The highest BCUT2D eigenvalue weighted by atomic mass is 16.5. The third-order valence-electron chi connectivity index (χ3n) is 3.73. The summed E-state index contributed by atoms with van der Waals surface area (Å²) in [5.41, 5.74) is 2.35. The maximum atomic E-state index is 10.2. The van der Waals surface area contributed by atoms with E-state index in [2.05, 4.69) is 0 Å². The molecule has 0 spiro atoms. The first-order valence-electron chi connectivity index (χ1n) is 6.80. The van der Waals surface area contributed by atoms with Crippen molar-refractivity contribution in [2.45, 2.75) is 20.0 Å². The van der Waals surface area contributed by atoms with Gasteiger partial charge in [0.25, 0.3) is 0 Å². The second-order valence-electron chi connectivity index (χ2n) is 5.45. The smallest absolute Gasteiger partial charge is 0.180 e. The van der Waals surface area contributed by atoms with Gasteiger partial charge in [-0.25, -0.2) is 0 Å². The Balaban J connectivity index is 2.08. The molecule has 0 aliphatic carbocycles. The number of fused-ring (bicyclic) bond motifs is 1. The summed E-state index contributed by atoms with van der Waals surface area (Å²) in [7, 11) is 0. The molecule has 22 heavy (non-hydrogen) atoms. The Morgan fingerprint density at radius 2 is 1.55 bits per heavy atom. The molecule has 2 aromatic rings. The lowest BCUT2D eigenvalue weighted by Crippen LogP contribution is -2.15. The molecule has 0 aromatic heterocycles. The van der Waals surface area contributed by atoms with E-state index in [0.29, 0.717) is 22.3 Å². The molecule has 5 nitrogen and oxygen atoms in total. The maximum absolute atomic E-state index is 10.2. The number of ether oxygens (including phenoxy) is 1. The van der Waals surface area contributed by atoms with Crippen molar-refractivity contribution in [2.24, 2.45) is 0 Å². The number of aliphatic hydroxyl groups is 1. The zero-order valence-corrected chi connectivity index (χ0v) is 12.2. The molecule has 0 saturated carbocycles. The van der Waals surface area contributed by atoms with Crippen molar-refractivity contribution in [1.82, 2.24) is 0 Å². The summed E-state index contributed by atoms with van der Waals surface area (Å²) in [5.74, 6) is 0.140. The second kappa shape index (κ2) is 4.87. The fourth-order valence-corrected chi connectivity index (χ4v) is 2.63. The number of aryl methyl sites for hydroxylation is 2. The summed E-state index contributed by atoms with van der Waals surface area (Å²) in [6.07, 6.45) is 0.655. The van der Waals surface area contributed by atoms with Gasteiger partial charge in [-0.1, -0.05) is 0 Å². The van der Waals surface area contributed by atoms with Gasteiger partial charge < -0.3 is 25.2 Å². The van der Waals surface area contributed by atoms with Crippen LogP contribution in [0.3, 0.4) is 0 Å². The molecule has 3 rings (SSSR count). The third-order valence-corrected chi connectivity index (χ3v) is 3.73. The van der Waals surface area contributed by atoms with Crippen LogP contribution in [0.1, 0.15) is 28.4 Å². The Morgan fingerprint density at radius 3 is 2.18 bits per heavy atom. The number of hydrogen-bond acceptors (Lipinski definition) is 5. The topological polar surface area (TPSA) is 90.2 Å². The second-order valence-corrected chi connectivity index (χ2v) is 5.45. The number of hydrogen-bond donors (Lipinski definition) is 4. The first-order valence-corrected chi connectivity index (χ1v) is 6.80. The van der Waals surface area contributed by atoms with Crippen molar-refractivity contribution in [2.75, 3.05) is 0 Å². The first kappa shape index (κ1) is 14.1. The van der Waals surface area contributed by atoms with Crippen LogP contribution in [0.15, 0.2) is 30.0 Å². The molecule has 1 unspecified atom stereocenters. The Bertz CT molecular complexity index is 769. The standard InChI is InChI=1S/C17H16O5/c1-8-3-10(4-9(2)16(8)21)17-14(20)7-12-13(19)5-11(18)6-15(12)22-17/h3-7,17-21H,1-2H3. The highest BCUT2D eigenvalue weighted by Gasteiger charge is 2.27. The van der Waals surface area contributed by atoms with Crippen LogP contribution in [0.25, 0.3) is 6.08 Å². The largest absolute Gasteiger partial charge is 0.508 e. The summed E-state index contributed by atoms with van der Waals surface area (Å²) in [6, 6.07) is 6.02. The molecular formula is C17H16O5. The van der Waals surface area contributed by atoms with Crippen LogP contribution in [0.4, 0.5) is 0 Å². The highest BCUT2D eigenvalue weighted by Crippen LogP contribution is 2.43. The van der Waals surface area contributed by atoms with E-state index >= 15 is 0 Å². The van der Waals surface area contributed by atoms with Crippen molar-refractivity contribution < 1.29 is 25.2 Å². The number of benzene rings is 2. The molecule has 1 aliphatic heterocycles. The van der Waals surface area contributed by atoms with E-state index < -0.39 is 6.10 Å². The number of phenols is 3. The van der Waals surface area contributed by atoms with Crippen molar-refractivity contribution in [1.29, 1.82) is 0 Å². The van der Waals surface area contributed by atoms with Crippen molar-refractivity contribution in [3.05, 3.63) is 52.3 Å². The Labute approximate surface area is 127 Å². The monoisotopic (exact) mass is 300 g/mol. The van der Waals surface area contributed by atoms with Crippen LogP contribution in [0, 0.1) is 13.8 Å². The number of phenolic OH excluding ortho intramolecular Hbond substituents is 3. The van der Waals surface area contributed by atoms with Crippen molar-refractivity contribution in [3.63, 3.8) is 0 Å². The lowest BCUT2D eigenvalue weighted by Gasteiger charge is -2.25. The minimum absolute atomic E-state index is 0.0574. The fraction of sp³-hybridized carbons (Fsp3) is 0.176. The van der Waals surface area contributed by atoms with Crippen molar-refractivity contribution in [3.8, 4) is 23.0 Å². The van der Waals surface area contributed by atoms with Crippen LogP contribution < -0.4 is 4.74 Å². The molecule has 1 heterocycles. The average Bonchev–Trinajstić information content (AvgIpc) is 2.44. The van der Waals surface area contributed by atoms with Crippen LogP contribution >= 0.6 is 0 Å². The van der Waals surface area contributed by atoms with Crippen molar-refractivity contribution >= 4 is 6.08 Å². The van der Waals surface area contributed by atoms with Crippen LogP contribution in [-0.2, 0) is 0 Å². The summed E-state index contributed by atoms with van der Waals surface area (Å²) >= 11 is 0. The van der Waals surface area contributed by atoms with Gasteiger partial charge in [-0.05, 0) is 43.2 Å². The summed E-state index contributed by atoms with van der Waals surface area (Å²) < 4.78 is 5.72. The van der Waals surface area contributed by atoms with Gasteiger partial charge in [0.15, 0.2) is 6.10 Å². The first-order chi connectivity index (χ1) is 10.4. The van der Waals surface area contributed by atoms with Gasteiger partial charge in [-0.2, -0.15) is 0 Å². The fourth-order valence-electron chi connectivity index (χ4n) is 2.63. The predicted octanol–water partition coefficient (Wildman–Crippen LogP) is 3.45. The minimum atomic E-state index is -0.758. The lowest BCUT2D eigenvalue weighted by atomic mass is 9.98. The van der Waals surface area contributed by atoms with E-state index in [1.54, 1.807) is 26.0 Å². The van der Waals surface area contributed by atoms with E-state index in [1.807, 2.05) is 0 Å². The predicted molar refractivity (Wildman–Crippen MR) is 81.3 cm³/mol. The van der Waals surface area contributed by atoms with Gasteiger partial charge >= 0.3 is 0 Å². The molecular weight excluding hydrogens is 284 g/mol. The van der Waals surface area contributed by atoms with E-state index in [9.17, 15) is 20.4 Å². The maximum Gasteiger partial charge on any atom is 0.180 e. The van der Waals surface area contributed by atoms with Gasteiger partial charge in [0.1, 0.15) is 28.8 Å². The van der Waals surface area contributed by atoms with Gasteiger partial charge in [-0.3, -0.25) is 0 Å². The highest BCUT2D eigenvalue weighted by molar-refractivity contribution is 5.69. The molecule has 0 amide bonds. The molecule has 2 aromatic carbocycles. The zero-order chi connectivity index (χ0) is 16.0. The SMILES string of the molecule is Cc1cc(C2Oc3cc(O)cc(O)c3C=C2O)cc(C)c1O. The van der Waals surface area contributed by atoms with E-state index in [0.717, 1.165) is 0 Å². The zero-order valence-electron chi connectivity index (χ0n) is 12.2. The van der Waals surface area contributed by atoms with E-state index in [-0.39, 0.29) is 28.8 Å². The minimum Gasteiger partial charge on any atom is -0.508 e. The molecule has 0 fully saturated rings. The summed E-state index contributed by atoms with van der Waals surface area (Å²) in [4.78, 5) is 0. The summed E-state index contributed by atoms with van der Waals surface area (Å²) in [6.45, 7) is 3.53. The van der Waals surface area contributed by atoms with Crippen LogP contribution in [0.2, 0.25) is 0 Å². The number of aromatic hydroxyl groups is 3. The summed E-state index contributed by atoms with van der Waals surface area (Å²) in [5, 5.41) is 39.4. The van der Waals surface area contributed by atoms with Crippen LogP contribution in [-0.4, -0.2) is 20.4 Å². The Kier molecular flexibility index (Phi) is 3.13.